The molecule has 0 aliphatic carbocycles. The highest BCUT2D eigenvalue weighted by molar-refractivity contribution is 5.69. The van der Waals surface area contributed by atoms with Crippen LogP contribution in [0.25, 0.3) is 28.2 Å². The van der Waals surface area contributed by atoms with Gasteiger partial charge in [0.1, 0.15) is 17.6 Å². The summed E-state index contributed by atoms with van der Waals surface area (Å²) in [7, 11) is 0. The highest BCUT2D eigenvalue weighted by Gasteiger charge is 2.20. The van der Waals surface area contributed by atoms with Crippen LogP contribution < -0.4 is 4.57 Å². The van der Waals surface area contributed by atoms with Crippen LogP contribution in [-0.2, 0) is 0 Å². The summed E-state index contributed by atoms with van der Waals surface area (Å²) < 4.78 is 2.12. The van der Waals surface area contributed by atoms with Crippen LogP contribution in [0.5, 0.6) is 0 Å². The molecule has 0 saturated carbocycles. The number of aromatic amines is 1. The van der Waals surface area contributed by atoms with Gasteiger partial charge in [-0.05, 0) is 30.2 Å². The van der Waals surface area contributed by atoms with Gasteiger partial charge >= 0.3 is 5.82 Å². The predicted molar refractivity (Wildman–Crippen MR) is 93.5 cm³/mol. The Kier molecular flexibility index (Phi) is 3.63. The highest BCUT2D eigenvalue weighted by atomic mass is 15.4. The quantitative estimate of drug-likeness (QED) is 0.586. The molecule has 4 aromatic rings. The third-order valence-corrected chi connectivity index (χ3v) is 4.06. The summed E-state index contributed by atoms with van der Waals surface area (Å²) in [6.07, 6.45) is 1.74. The lowest BCUT2D eigenvalue weighted by atomic mass is 10.0. The Balaban J connectivity index is 1.98. The van der Waals surface area contributed by atoms with Crippen LogP contribution in [0.15, 0.2) is 79.0 Å². The normalized spacial score (nSPS) is 10.7. The number of H-pyrrole nitrogens is 1. The Morgan fingerprint density at radius 2 is 1.46 bits per heavy atom. The van der Waals surface area contributed by atoms with E-state index in [2.05, 4.69) is 75.4 Å². The summed E-state index contributed by atoms with van der Waals surface area (Å²) in [6, 6.07) is 25.1. The van der Waals surface area contributed by atoms with Gasteiger partial charge in [-0.15, -0.1) is 10.3 Å². The zero-order valence-electron chi connectivity index (χ0n) is 13.3. The molecule has 0 bridgehead atoms. The summed E-state index contributed by atoms with van der Waals surface area (Å²) in [6.45, 7) is 2.09. The largest absolute Gasteiger partial charge is 0.375 e. The van der Waals surface area contributed by atoms with E-state index in [4.69, 9.17) is 0 Å². The minimum absolute atomic E-state index is 0.783. The van der Waals surface area contributed by atoms with Crippen LogP contribution in [0.3, 0.4) is 0 Å². The molecule has 4 rings (SSSR count). The lowest BCUT2D eigenvalue weighted by Gasteiger charge is -2.11. The van der Waals surface area contributed by atoms with Gasteiger partial charge in [-0.2, -0.15) is 4.57 Å². The van der Waals surface area contributed by atoms with Crippen molar-refractivity contribution in [2.24, 2.45) is 0 Å². The second-order valence-corrected chi connectivity index (χ2v) is 5.67. The van der Waals surface area contributed by atoms with E-state index < -0.39 is 0 Å². The molecule has 0 unspecified atom stereocenters. The smallest absolute Gasteiger partial charge is 0.190 e. The molecular formula is C20H17N4+. The van der Waals surface area contributed by atoms with Crippen molar-refractivity contribution in [3.63, 3.8) is 0 Å². The van der Waals surface area contributed by atoms with E-state index in [1.165, 1.54) is 11.1 Å². The molecule has 0 spiro atoms. The molecule has 0 fully saturated rings. The molecule has 0 amide bonds. The number of aryl methyl sites for hydroxylation is 1. The Morgan fingerprint density at radius 1 is 0.792 bits per heavy atom. The zero-order valence-corrected chi connectivity index (χ0v) is 13.3. The van der Waals surface area contributed by atoms with Crippen LogP contribution >= 0.6 is 0 Å². The van der Waals surface area contributed by atoms with Crippen LogP contribution in [0.2, 0.25) is 0 Å². The molecule has 4 nitrogen and oxygen atoms in total. The van der Waals surface area contributed by atoms with Crippen molar-refractivity contribution in [3.8, 4) is 28.2 Å². The van der Waals surface area contributed by atoms with E-state index in [0.29, 0.717) is 0 Å². The molecule has 0 aliphatic rings. The van der Waals surface area contributed by atoms with Crippen molar-refractivity contribution in [3.05, 3.63) is 84.7 Å². The first-order valence-electron chi connectivity index (χ1n) is 7.86. The van der Waals surface area contributed by atoms with Gasteiger partial charge in [0.2, 0.25) is 0 Å². The average Bonchev–Trinajstić information content (AvgIpc) is 3.16. The Labute approximate surface area is 140 Å². The lowest BCUT2D eigenvalue weighted by Crippen LogP contribution is -2.37. The number of rotatable bonds is 3. The molecule has 0 radical (unpaired) electrons. The molecule has 2 aromatic carbocycles. The Bertz CT molecular complexity index is 946. The fourth-order valence-electron chi connectivity index (χ4n) is 2.96. The summed E-state index contributed by atoms with van der Waals surface area (Å²) in [4.78, 5) is 0. The third-order valence-electron chi connectivity index (χ3n) is 4.06. The van der Waals surface area contributed by atoms with Gasteiger partial charge in [-0.25, -0.2) is 0 Å². The van der Waals surface area contributed by atoms with Crippen molar-refractivity contribution >= 4 is 0 Å². The predicted octanol–water partition coefficient (Wildman–Crippen LogP) is 3.72. The Hall–Kier alpha value is -3.27. The molecular weight excluding hydrogens is 296 g/mol. The number of pyridine rings is 1. The van der Waals surface area contributed by atoms with Crippen LogP contribution in [0, 0.1) is 6.92 Å². The molecule has 2 heterocycles. The van der Waals surface area contributed by atoms with E-state index in [9.17, 15) is 0 Å². The van der Waals surface area contributed by atoms with Gasteiger partial charge in [-0.3, -0.25) is 0 Å². The summed E-state index contributed by atoms with van der Waals surface area (Å²) in [5.74, 6) is 0.783. The second-order valence-electron chi connectivity index (χ2n) is 5.67. The summed E-state index contributed by atoms with van der Waals surface area (Å²) >= 11 is 0. The van der Waals surface area contributed by atoms with Crippen LogP contribution in [0.1, 0.15) is 5.69 Å². The number of hydrogen-bond acceptors (Lipinski definition) is 2. The fraction of sp³-hybridized carbons (Fsp3) is 0.0500. The zero-order chi connectivity index (χ0) is 16.4. The monoisotopic (exact) mass is 313 g/mol. The molecule has 1 N–H and O–H groups in total. The maximum Gasteiger partial charge on any atom is 0.375 e. The Morgan fingerprint density at radius 3 is 2.08 bits per heavy atom. The van der Waals surface area contributed by atoms with Crippen molar-refractivity contribution in [2.45, 2.75) is 6.92 Å². The number of nitrogens with one attached hydrogen (secondary N) is 1. The molecule has 0 aliphatic heterocycles. The molecule has 2 aromatic heterocycles. The van der Waals surface area contributed by atoms with Gasteiger partial charge in [0.25, 0.3) is 0 Å². The number of benzene rings is 2. The highest BCUT2D eigenvalue weighted by Crippen LogP contribution is 2.25. The van der Waals surface area contributed by atoms with Gasteiger partial charge in [-0.1, -0.05) is 60.7 Å². The first-order chi connectivity index (χ1) is 11.8. The minimum atomic E-state index is 0.783. The number of aromatic nitrogens is 4. The third kappa shape index (κ3) is 2.58. The molecule has 0 atom stereocenters. The van der Waals surface area contributed by atoms with E-state index in [-0.39, 0.29) is 0 Å². The molecule has 116 valence electrons. The topological polar surface area (TPSA) is 45.5 Å². The summed E-state index contributed by atoms with van der Waals surface area (Å²) in [5.41, 5.74) is 5.71. The van der Waals surface area contributed by atoms with Crippen molar-refractivity contribution in [1.82, 2.24) is 15.4 Å². The summed E-state index contributed by atoms with van der Waals surface area (Å²) in [5, 5.41) is 10.9. The van der Waals surface area contributed by atoms with Gasteiger partial charge in [0, 0.05) is 5.56 Å². The average molecular weight is 313 g/mol. The van der Waals surface area contributed by atoms with E-state index in [1.54, 1.807) is 6.20 Å². The molecule has 4 heteroatoms. The second kappa shape index (κ2) is 6.08. The number of nitrogens with zero attached hydrogens (tertiary/aromatic N) is 3. The van der Waals surface area contributed by atoms with Crippen molar-refractivity contribution < 1.29 is 4.57 Å². The SMILES string of the molecule is Cc1cc(-c2ccccc2)cc(-c2ccccc2)[n+]1-c1cn[nH]n1. The maximum absolute atomic E-state index is 4.26. The van der Waals surface area contributed by atoms with E-state index in [0.717, 1.165) is 22.8 Å². The van der Waals surface area contributed by atoms with Crippen molar-refractivity contribution in [2.75, 3.05) is 0 Å². The number of hydrogen-bond donors (Lipinski definition) is 1. The van der Waals surface area contributed by atoms with E-state index in [1.807, 2.05) is 24.3 Å². The van der Waals surface area contributed by atoms with E-state index >= 15 is 0 Å². The van der Waals surface area contributed by atoms with Gasteiger partial charge < -0.3 is 0 Å². The first-order valence-corrected chi connectivity index (χ1v) is 7.86. The standard InChI is InChI=1S/C20H17N4/c1-15-12-18(16-8-4-2-5-9-16)13-19(17-10-6-3-7-11-17)24(15)20-14-21-23-22-20/h2-14H,1H3,(H,21,22,23)/q+1. The van der Waals surface area contributed by atoms with Crippen LogP contribution in [0.4, 0.5) is 0 Å². The van der Waals surface area contributed by atoms with Crippen LogP contribution in [-0.4, -0.2) is 15.4 Å². The molecule has 24 heavy (non-hydrogen) atoms. The first kappa shape index (κ1) is 14.3. The minimum Gasteiger partial charge on any atom is -0.190 e. The molecule has 0 saturated heterocycles. The lowest BCUT2D eigenvalue weighted by molar-refractivity contribution is -0.594. The maximum atomic E-state index is 4.26. The van der Waals surface area contributed by atoms with Gasteiger partial charge in [0.15, 0.2) is 0 Å². The fourth-order valence-corrected chi connectivity index (χ4v) is 2.96. The van der Waals surface area contributed by atoms with Crippen molar-refractivity contribution in [1.29, 1.82) is 0 Å². The van der Waals surface area contributed by atoms with Gasteiger partial charge in [0.05, 0.1) is 5.10 Å².